The van der Waals surface area contributed by atoms with Gasteiger partial charge in [-0.1, -0.05) is 23.7 Å². The Labute approximate surface area is 170 Å². The van der Waals surface area contributed by atoms with Crippen LogP contribution in [-0.2, 0) is 22.6 Å². The van der Waals surface area contributed by atoms with Gasteiger partial charge in [-0.25, -0.2) is 4.98 Å². The van der Waals surface area contributed by atoms with Crippen molar-refractivity contribution < 1.29 is 14.3 Å². The van der Waals surface area contributed by atoms with Gasteiger partial charge < -0.3 is 15.0 Å². The van der Waals surface area contributed by atoms with Gasteiger partial charge in [0.05, 0.1) is 23.5 Å². The number of halogens is 1. The molecule has 1 aliphatic rings. The zero-order chi connectivity index (χ0) is 19.5. The molecule has 142 valence electrons. The van der Waals surface area contributed by atoms with Crippen molar-refractivity contribution in [3.05, 3.63) is 69.6 Å². The highest BCUT2D eigenvalue weighted by Gasteiger charge is 2.26. The summed E-state index contributed by atoms with van der Waals surface area (Å²) in [6.45, 7) is 0.321. The van der Waals surface area contributed by atoms with Gasteiger partial charge in [0.15, 0.2) is 0 Å². The number of benzene rings is 2. The quantitative estimate of drug-likeness (QED) is 0.688. The van der Waals surface area contributed by atoms with E-state index >= 15 is 0 Å². The van der Waals surface area contributed by atoms with E-state index in [9.17, 15) is 9.59 Å². The molecule has 0 bridgehead atoms. The largest absolute Gasteiger partial charge is 0.486 e. The van der Waals surface area contributed by atoms with Crippen molar-refractivity contribution in [3.63, 3.8) is 0 Å². The van der Waals surface area contributed by atoms with Crippen LogP contribution in [-0.4, -0.2) is 23.3 Å². The number of anilines is 2. The Balaban J connectivity index is 1.40. The summed E-state index contributed by atoms with van der Waals surface area (Å²) in [4.78, 5) is 30.6. The fraction of sp³-hybridized carbons (Fsp3) is 0.150. The molecule has 28 heavy (non-hydrogen) atoms. The first-order valence-electron chi connectivity index (χ1n) is 8.59. The first-order chi connectivity index (χ1) is 13.6. The second kappa shape index (κ2) is 8.00. The minimum absolute atomic E-state index is 0.00647. The number of carbonyl (C=O) groups excluding carboxylic acids is 2. The number of fused-ring (bicyclic) bond motifs is 1. The lowest BCUT2D eigenvalue weighted by atomic mass is 10.1. The first kappa shape index (κ1) is 18.5. The van der Waals surface area contributed by atoms with Crippen LogP contribution in [0.3, 0.4) is 0 Å². The van der Waals surface area contributed by atoms with Crippen molar-refractivity contribution in [1.82, 2.24) is 4.98 Å². The molecule has 6 nitrogen and oxygen atoms in total. The predicted molar refractivity (Wildman–Crippen MR) is 109 cm³/mol. The van der Waals surface area contributed by atoms with Crippen LogP contribution in [0.25, 0.3) is 0 Å². The molecule has 0 saturated carbocycles. The Bertz CT molecular complexity index is 1020. The average molecular weight is 414 g/mol. The summed E-state index contributed by atoms with van der Waals surface area (Å²) in [6.07, 6.45) is 0.124. The summed E-state index contributed by atoms with van der Waals surface area (Å²) in [6, 6.07) is 14.4. The van der Waals surface area contributed by atoms with Crippen LogP contribution in [0.15, 0.2) is 53.9 Å². The highest BCUT2D eigenvalue weighted by Crippen LogP contribution is 2.29. The van der Waals surface area contributed by atoms with Crippen molar-refractivity contribution >= 4 is 46.1 Å². The molecule has 0 spiro atoms. The van der Waals surface area contributed by atoms with E-state index in [0.717, 1.165) is 5.01 Å². The van der Waals surface area contributed by atoms with Crippen LogP contribution in [0, 0.1) is 0 Å². The molecule has 0 unspecified atom stereocenters. The number of thiazole rings is 1. The van der Waals surface area contributed by atoms with Gasteiger partial charge in [-0.2, -0.15) is 0 Å². The number of rotatable bonds is 5. The molecular formula is C20H16ClN3O3S. The van der Waals surface area contributed by atoms with Gasteiger partial charge >= 0.3 is 0 Å². The van der Waals surface area contributed by atoms with E-state index in [4.69, 9.17) is 16.3 Å². The SMILES string of the molecule is O=C1CN(C(=O)Cc2csc(COc3ccc(Cl)cc3)n2)c2ccccc2N1. The maximum atomic E-state index is 12.8. The van der Waals surface area contributed by atoms with E-state index < -0.39 is 0 Å². The van der Waals surface area contributed by atoms with E-state index in [1.54, 1.807) is 30.3 Å². The maximum absolute atomic E-state index is 12.8. The normalized spacial score (nSPS) is 13.0. The summed E-state index contributed by atoms with van der Waals surface area (Å²) in [5, 5.41) is 6.04. The van der Waals surface area contributed by atoms with Gasteiger partial charge in [0, 0.05) is 10.4 Å². The Hall–Kier alpha value is -2.90. The number of aromatic nitrogens is 1. The van der Waals surface area contributed by atoms with E-state index in [0.29, 0.717) is 34.4 Å². The second-order valence-electron chi connectivity index (χ2n) is 6.20. The Morgan fingerprint density at radius 3 is 2.82 bits per heavy atom. The van der Waals surface area contributed by atoms with Crippen LogP contribution in [0.2, 0.25) is 5.02 Å². The number of hydrogen-bond acceptors (Lipinski definition) is 5. The van der Waals surface area contributed by atoms with Crippen LogP contribution >= 0.6 is 22.9 Å². The Morgan fingerprint density at radius 2 is 2.00 bits per heavy atom. The summed E-state index contributed by atoms with van der Waals surface area (Å²) in [7, 11) is 0. The summed E-state index contributed by atoms with van der Waals surface area (Å²) in [5.41, 5.74) is 2.00. The number of carbonyl (C=O) groups is 2. The number of nitrogens with zero attached hydrogens (tertiary/aromatic N) is 2. The van der Waals surface area contributed by atoms with E-state index in [-0.39, 0.29) is 24.8 Å². The smallest absolute Gasteiger partial charge is 0.244 e. The molecule has 0 saturated heterocycles. The molecule has 1 N–H and O–H groups in total. The fourth-order valence-electron chi connectivity index (χ4n) is 2.88. The van der Waals surface area contributed by atoms with Crippen molar-refractivity contribution in [2.24, 2.45) is 0 Å². The van der Waals surface area contributed by atoms with Gasteiger partial charge in [-0.15, -0.1) is 11.3 Å². The molecule has 0 fully saturated rings. The van der Waals surface area contributed by atoms with Crippen molar-refractivity contribution in [2.45, 2.75) is 13.0 Å². The molecule has 2 aromatic carbocycles. The third kappa shape index (κ3) is 4.16. The van der Waals surface area contributed by atoms with Crippen LogP contribution in [0.1, 0.15) is 10.7 Å². The molecule has 0 aliphatic carbocycles. The number of ether oxygens (including phenoxy) is 1. The third-order valence-corrected chi connectivity index (χ3v) is 5.30. The lowest BCUT2D eigenvalue weighted by molar-refractivity contribution is -0.121. The van der Waals surface area contributed by atoms with E-state index in [1.165, 1.54) is 16.2 Å². The second-order valence-corrected chi connectivity index (χ2v) is 7.58. The highest BCUT2D eigenvalue weighted by molar-refractivity contribution is 7.09. The van der Waals surface area contributed by atoms with E-state index in [2.05, 4.69) is 10.3 Å². The molecule has 2 amide bonds. The number of para-hydroxylation sites is 2. The van der Waals surface area contributed by atoms with E-state index in [1.807, 2.05) is 23.6 Å². The average Bonchev–Trinajstić information content (AvgIpc) is 3.14. The number of amides is 2. The lowest BCUT2D eigenvalue weighted by Crippen LogP contribution is -2.42. The lowest BCUT2D eigenvalue weighted by Gasteiger charge is -2.29. The number of hydrogen-bond donors (Lipinski definition) is 1. The predicted octanol–water partition coefficient (Wildman–Crippen LogP) is 3.90. The summed E-state index contributed by atoms with van der Waals surface area (Å²) >= 11 is 7.29. The van der Waals surface area contributed by atoms with Crippen LogP contribution < -0.4 is 15.0 Å². The number of nitrogens with one attached hydrogen (secondary N) is 1. The monoisotopic (exact) mass is 413 g/mol. The van der Waals surface area contributed by atoms with Gasteiger partial charge in [-0.05, 0) is 36.4 Å². The topological polar surface area (TPSA) is 71.5 Å². The Morgan fingerprint density at radius 1 is 1.21 bits per heavy atom. The molecule has 1 aliphatic heterocycles. The zero-order valence-electron chi connectivity index (χ0n) is 14.7. The molecule has 2 heterocycles. The third-order valence-electron chi connectivity index (χ3n) is 4.18. The van der Waals surface area contributed by atoms with Gasteiger partial charge in [0.1, 0.15) is 23.9 Å². The molecule has 0 radical (unpaired) electrons. The molecule has 1 aromatic heterocycles. The van der Waals surface area contributed by atoms with Crippen LogP contribution in [0.5, 0.6) is 5.75 Å². The highest BCUT2D eigenvalue weighted by atomic mass is 35.5. The van der Waals surface area contributed by atoms with Gasteiger partial charge in [0.25, 0.3) is 0 Å². The molecule has 4 rings (SSSR count). The molecule has 8 heteroatoms. The van der Waals surface area contributed by atoms with Gasteiger partial charge in [0.2, 0.25) is 11.8 Å². The van der Waals surface area contributed by atoms with Crippen molar-refractivity contribution in [1.29, 1.82) is 0 Å². The summed E-state index contributed by atoms with van der Waals surface area (Å²) < 4.78 is 5.68. The minimum Gasteiger partial charge on any atom is -0.486 e. The standard InChI is InChI=1S/C20H16ClN3O3S/c21-13-5-7-15(8-6-13)27-11-19-22-14(12-28-19)9-20(26)24-10-18(25)23-16-3-1-2-4-17(16)24/h1-8,12H,9-11H2,(H,23,25). The fourth-order valence-corrected chi connectivity index (χ4v) is 3.71. The van der Waals surface area contributed by atoms with Crippen molar-refractivity contribution in [2.75, 3.05) is 16.8 Å². The van der Waals surface area contributed by atoms with Gasteiger partial charge in [-0.3, -0.25) is 9.59 Å². The van der Waals surface area contributed by atoms with Crippen molar-refractivity contribution in [3.8, 4) is 5.75 Å². The summed E-state index contributed by atoms with van der Waals surface area (Å²) in [5.74, 6) is 0.327. The molecule has 3 aromatic rings. The first-order valence-corrected chi connectivity index (χ1v) is 9.85. The molecule has 0 atom stereocenters. The maximum Gasteiger partial charge on any atom is 0.244 e. The molecular weight excluding hydrogens is 398 g/mol. The zero-order valence-corrected chi connectivity index (χ0v) is 16.3. The van der Waals surface area contributed by atoms with Crippen LogP contribution in [0.4, 0.5) is 11.4 Å². The Kier molecular flexibility index (Phi) is 5.27. The minimum atomic E-state index is -0.206.